The summed E-state index contributed by atoms with van der Waals surface area (Å²) in [4.78, 5) is 14.4. The Morgan fingerprint density at radius 2 is 2.07 bits per heavy atom. The molecule has 0 aliphatic carbocycles. The topological polar surface area (TPSA) is 98.8 Å². The minimum absolute atomic E-state index is 0.0278. The van der Waals surface area contributed by atoms with Crippen LogP contribution in [-0.4, -0.2) is 61.8 Å². The fourth-order valence-corrected chi connectivity index (χ4v) is 4.29. The molecule has 1 aliphatic heterocycles. The van der Waals surface area contributed by atoms with Crippen LogP contribution >= 0.6 is 0 Å². The number of hydrogen-bond donors (Lipinski definition) is 3. The summed E-state index contributed by atoms with van der Waals surface area (Å²) in [5.41, 5.74) is 1.94. The Balaban J connectivity index is 1.68. The number of carboxylic acids is 1. The summed E-state index contributed by atoms with van der Waals surface area (Å²) >= 11 is 0. The number of carboxylic acid groups (broad SMARTS) is 1. The highest BCUT2D eigenvalue weighted by Gasteiger charge is 2.48. The fourth-order valence-electron chi connectivity index (χ4n) is 4.29. The lowest BCUT2D eigenvalue weighted by Crippen LogP contribution is -2.55. The Morgan fingerprint density at radius 1 is 1.31 bits per heavy atom. The second-order valence-electron chi connectivity index (χ2n) is 8.04. The average molecular weight is 402 g/mol. The molecule has 0 radical (unpaired) electrons. The molecule has 1 aromatic carbocycles. The third-order valence-electron chi connectivity index (χ3n) is 5.99. The monoisotopic (exact) mass is 401 g/mol. The fraction of sp³-hybridized carbons (Fsp3) is 0.545. The van der Waals surface area contributed by atoms with Gasteiger partial charge in [-0.3, -0.25) is 14.4 Å². The van der Waals surface area contributed by atoms with Gasteiger partial charge in [-0.2, -0.15) is 5.10 Å². The van der Waals surface area contributed by atoms with E-state index in [2.05, 4.69) is 10.00 Å². The molecule has 29 heavy (non-hydrogen) atoms. The molecule has 158 valence electrons. The van der Waals surface area contributed by atoms with E-state index in [1.165, 1.54) is 5.56 Å². The summed E-state index contributed by atoms with van der Waals surface area (Å²) in [6.07, 6.45) is 3.47. The van der Waals surface area contributed by atoms with Crippen molar-refractivity contribution in [2.24, 2.45) is 5.41 Å². The Bertz CT molecular complexity index is 808. The normalized spacial score (nSPS) is 22.7. The van der Waals surface area contributed by atoms with Crippen LogP contribution < -0.4 is 0 Å². The number of piperidine rings is 1. The van der Waals surface area contributed by atoms with Crippen molar-refractivity contribution in [3.63, 3.8) is 0 Å². The highest BCUT2D eigenvalue weighted by molar-refractivity contribution is 5.76. The van der Waals surface area contributed by atoms with Crippen molar-refractivity contribution in [1.82, 2.24) is 14.7 Å². The minimum atomic E-state index is -1.15. The Kier molecular flexibility index (Phi) is 7.05. The van der Waals surface area contributed by atoms with E-state index in [0.29, 0.717) is 45.4 Å². The lowest BCUT2D eigenvalue weighted by atomic mass is 9.73. The first-order valence-corrected chi connectivity index (χ1v) is 10.3. The number of likely N-dealkylation sites (tertiary alicyclic amines) is 1. The number of aliphatic hydroxyl groups is 2. The average Bonchev–Trinajstić information content (AvgIpc) is 3.04. The molecule has 7 nitrogen and oxygen atoms in total. The van der Waals surface area contributed by atoms with Gasteiger partial charge < -0.3 is 15.3 Å². The van der Waals surface area contributed by atoms with E-state index in [1.807, 2.05) is 43.5 Å². The molecule has 0 unspecified atom stereocenters. The standard InChI is InChI=1S/C22H31N3O4/c1-17-19(15-25(23-17)12-13-26)14-24-11-9-20(27)22(16-24,21(28)29)10-5-8-18-6-3-2-4-7-18/h2-4,6-7,15,20,26-27H,5,8-14,16H2,1H3,(H,28,29)/t20-,22-/m1/s1. The van der Waals surface area contributed by atoms with Crippen molar-refractivity contribution in [3.8, 4) is 0 Å². The molecule has 2 atom stereocenters. The summed E-state index contributed by atoms with van der Waals surface area (Å²) in [5.74, 6) is -0.921. The highest BCUT2D eigenvalue weighted by Crippen LogP contribution is 2.36. The zero-order valence-electron chi connectivity index (χ0n) is 17.0. The van der Waals surface area contributed by atoms with E-state index < -0.39 is 17.5 Å². The van der Waals surface area contributed by atoms with Crippen molar-refractivity contribution in [3.05, 3.63) is 53.3 Å². The highest BCUT2D eigenvalue weighted by atomic mass is 16.4. The number of benzene rings is 1. The summed E-state index contributed by atoms with van der Waals surface area (Å²) in [5, 5.41) is 34.2. The smallest absolute Gasteiger partial charge is 0.313 e. The Labute approximate surface area is 171 Å². The van der Waals surface area contributed by atoms with Crippen molar-refractivity contribution >= 4 is 5.97 Å². The maximum absolute atomic E-state index is 12.3. The number of aliphatic carboxylic acids is 1. The van der Waals surface area contributed by atoms with E-state index in [0.717, 1.165) is 17.7 Å². The molecule has 0 saturated carbocycles. The van der Waals surface area contributed by atoms with E-state index in [9.17, 15) is 15.0 Å². The third-order valence-corrected chi connectivity index (χ3v) is 5.99. The molecule has 3 N–H and O–H groups in total. The molecule has 3 rings (SSSR count). The van der Waals surface area contributed by atoms with E-state index in [-0.39, 0.29) is 6.61 Å². The number of nitrogens with zero attached hydrogens (tertiary/aromatic N) is 3. The van der Waals surface area contributed by atoms with Crippen molar-refractivity contribution in [2.45, 2.75) is 51.8 Å². The van der Waals surface area contributed by atoms with Gasteiger partial charge in [-0.25, -0.2) is 0 Å². The number of aromatic nitrogens is 2. The van der Waals surface area contributed by atoms with Crippen LogP contribution in [0.3, 0.4) is 0 Å². The van der Waals surface area contributed by atoms with Gasteiger partial charge in [-0.15, -0.1) is 0 Å². The van der Waals surface area contributed by atoms with E-state index >= 15 is 0 Å². The Morgan fingerprint density at radius 3 is 2.76 bits per heavy atom. The molecule has 2 heterocycles. The number of rotatable bonds is 9. The number of aryl methyl sites for hydroxylation is 2. The number of carbonyl (C=O) groups is 1. The van der Waals surface area contributed by atoms with Gasteiger partial charge in [0.2, 0.25) is 0 Å². The van der Waals surface area contributed by atoms with Crippen molar-refractivity contribution < 1.29 is 20.1 Å². The lowest BCUT2D eigenvalue weighted by Gasteiger charge is -2.43. The largest absolute Gasteiger partial charge is 0.481 e. The quantitative estimate of drug-likeness (QED) is 0.593. The molecule has 1 aromatic heterocycles. The Hall–Kier alpha value is -2.22. The molecular formula is C22H31N3O4. The second-order valence-corrected chi connectivity index (χ2v) is 8.04. The number of aliphatic hydroxyl groups excluding tert-OH is 2. The number of hydrogen-bond acceptors (Lipinski definition) is 5. The molecule has 1 saturated heterocycles. The summed E-state index contributed by atoms with van der Waals surface area (Å²) < 4.78 is 1.72. The van der Waals surface area contributed by atoms with Gasteiger partial charge in [-0.1, -0.05) is 30.3 Å². The maximum atomic E-state index is 12.3. The second kappa shape index (κ2) is 9.52. The van der Waals surface area contributed by atoms with Gasteiger partial charge >= 0.3 is 5.97 Å². The predicted octanol–water partition coefficient (Wildman–Crippen LogP) is 1.84. The van der Waals surface area contributed by atoms with Gasteiger partial charge in [-0.05, 0) is 38.2 Å². The summed E-state index contributed by atoms with van der Waals surface area (Å²) in [7, 11) is 0. The minimum Gasteiger partial charge on any atom is -0.481 e. The zero-order valence-corrected chi connectivity index (χ0v) is 17.0. The molecule has 7 heteroatoms. The summed E-state index contributed by atoms with van der Waals surface area (Å²) in [6.45, 7) is 3.96. The zero-order chi connectivity index (χ0) is 20.9. The molecule has 0 amide bonds. The summed E-state index contributed by atoms with van der Waals surface area (Å²) in [6, 6.07) is 10.0. The molecule has 1 aliphatic rings. The van der Waals surface area contributed by atoms with Gasteiger partial charge in [0.1, 0.15) is 5.41 Å². The molecule has 2 aromatic rings. The van der Waals surface area contributed by atoms with E-state index in [4.69, 9.17) is 5.11 Å². The van der Waals surface area contributed by atoms with Gasteiger partial charge in [0.15, 0.2) is 0 Å². The van der Waals surface area contributed by atoms with Crippen LogP contribution in [0.25, 0.3) is 0 Å². The van der Waals surface area contributed by atoms with Crippen LogP contribution in [0.1, 0.15) is 36.1 Å². The first-order valence-electron chi connectivity index (χ1n) is 10.3. The van der Waals surface area contributed by atoms with Crippen LogP contribution in [0.5, 0.6) is 0 Å². The van der Waals surface area contributed by atoms with Gasteiger partial charge in [0.25, 0.3) is 0 Å². The van der Waals surface area contributed by atoms with Gasteiger partial charge in [0, 0.05) is 31.4 Å². The first kappa shape index (κ1) is 21.5. The molecule has 0 spiro atoms. The molecular weight excluding hydrogens is 370 g/mol. The lowest BCUT2D eigenvalue weighted by molar-refractivity contribution is -0.164. The first-order chi connectivity index (χ1) is 13.9. The predicted molar refractivity (Wildman–Crippen MR) is 109 cm³/mol. The van der Waals surface area contributed by atoms with Crippen LogP contribution in [0.4, 0.5) is 0 Å². The third kappa shape index (κ3) is 5.04. The van der Waals surface area contributed by atoms with Crippen LogP contribution in [-0.2, 0) is 24.3 Å². The van der Waals surface area contributed by atoms with Crippen molar-refractivity contribution in [1.29, 1.82) is 0 Å². The van der Waals surface area contributed by atoms with E-state index in [1.54, 1.807) is 4.68 Å². The van der Waals surface area contributed by atoms with Gasteiger partial charge in [0.05, 0.1) is 24.9 Å². The maximum Gasteiger partial charge on any atom is 0.313 e. The van der Waals surface area contributed by atoms with Crippen molar-refractivity contribution in [2.75, 3.05) is 19.7 Å². The molecule has 1 fully saturated rings. The molecule has 0 bridgehead atoms. The van der Waals surface area contributed by atoms with Crippen LogP contribution in [0.2, 0.25) is 0 Å². The SMILES string of the molecule is Cc1nn(CCO)cc1CN1CC[C@@H](O)[C@](CCCc2ccccc2)(C(=O)O)C1. The van der Waals surface area contributed by atoms with Crippen LogP contribution in [0, 0.1) is 12.3 Å². The van der Waals surface area contributed by atoms with Crippen LogP contribution in [0.15, 0.2) is 36.5 Å².